The average Bonchev–Trinajstić information content (AvgIpc) is 3.23. The van der Waals surface area contributed by atoms with Gasteiger partial charge in [0.05, 0.1) is 35.3 Å². The molecule has 0 bridgehead atoms. The third-order valence-corrected chi connectivity index (χ3v) is 7.31. The molecule has 0 aliphatic carbocycles. The number of benzene rings is 1. The number of aromatic amines is 1. The second-order valence-corrected chi connectivity index (χ2v) is 9.44. The summed E-state index contributed by atoms with van der Waals surface area (Å²) in [5.41, 5.74) is 1.17. The zero-order valence-electron chi connectivity index (χ0n) is 20.5. The van der Waals surface area contributed by atoms with Crippen LogP contribution in [0.2, 0.25) is 0 Å². The molecule has 190 valence electrons. The Kier molecular flexibility index (Phi) is 5.28. The standard InChI is InChI=1S/C26H25N7O4.H2/c1-16-29-15-33(30-16)23-21-20(19(37-2)13-28-23)18(12-27-21)22(34)25(36)31-10-8-26(9-11-31)14-32(26)24(35)17-6-4-3-5-7-17;/h3-7,12-13,15,27H,8-11,14H2,1-2H3;1H. The van der Waals surface area contributed by atoms with Crippen LogP contribution in [-0.2, 0) is 4.79 Å². The van der Waals surface area contributed by atoms with E-state index in [4.69, 9.17) is 4.74 Å². The minimum absolute atomic E-state index is 0. The van der Waals surface area contributed by atoms with Crippen LogP contribution in [0.4, 0.5) is 0 Å². The zero-order valence-corrected chi connectivity index (χ0v) is 20.5. The lowest BCUT2D eigenvalue weighted by molar-refractivity contribution is -0.127. The van der Waals surface area contributed by atoms with E-state index in [-0.39, 0.29) is 18.4 Å². The number of Topliss-reactive ketones (excluding diaryl/α,β-unsaturated/α-hetero) is 1. The molecule has 6 rings (SSSR count). The van der Waals surface area contributed by atoms with Crippen molar-refractivity contribution in [1.29, 1.82) is 0 Å². The minimum Gasteiger partial charge on any atom is -0.494 e. The Morgan fingerprint density at radius 2 is 1.86 bits per heavy atom. The number of pyridine rings is 1. The van der Waals surface area contributed by atoms with E-state index < -0.39 is 11.7 Å². The molecule has 1 aromatic carbocycles. The zero-order chi connectivity index (χ0) is 25.7. The molecule has 2 aliphatic rings. The van der Waals surface area contributed by atoms with Crippen molar-refractivity contribution in [3.63, 3.8) is 0 Å². The second-order valence-electron chi connectivity index (χ2n) is 9.44. The van der Waals surface area contributed by atoms with E-state index in [1.807, 2.05) is 35.2 Å². The molecule has 0 atom stereocenters. The summed E-state index contributed by atoms with van der Waals surface area (Å²) in [6.07, 6.45) is 5.82. The Bertz CT molecular complexity index is 1540. The van der Waals surface area contributed by atoms with Crippen LogP contribution in [0.5, 0.6) is 5.75 Å². The van der Waals surface area contributed by atoms with Gasteiger partial charge in [-0.1, -0.05) is 18.2 Å². The largest absolute Gasteiger partial charge is 0.494 e. The Morgan fingerprint density at radius 3 is 2.54 bits per heavy atom. The van der Waals surface area contributed by atoms with E-state index in [9.17, 15) is 14.4 Å². The highest BCUT2D eigenvalue weighted by Gasteiger charge is 2.56. The molecule has 11 heteroatoms. The molecular weight excluding hydrogens is 474 g/mol. The molecule has 5 heterocycles. The lowest BCUT2D eigenvalue weighted by atomic mass is 9.95. The molecule has 0 unspecified atom stereocenters. The SMILES string of the molecule is COc1cnc(-n2cnc(C)n2)c2[nH]cc(C(=O)C(=O)N3CCC4(CC3)CN4C(=O)c3ccccc3)c12.[HH]. The first kappa shape index (κ1) is 22.9. The number of methoxy groups -OCH3 is 1. The van der Waals surface area contributed by atoms with Crippen molar-refractivity contribution in [2.45, 2.75) is 25.3 Å². The number of aryl methyl sites for hydroxylation is 1. The second kappa shape index (κ2) is 8.54. The predicted octanol–water partition coefficient (Wildman–Crippen LogP) is 2.41. The highest BCUT2D eigenvalue weighted by atomic mass is 16.5. The van der Waals surface area contributed by atoms with Crippen LogP contribution in [0.1, 0.15) is 40.8 Å². The Balaban J connectivity index is 0.00000294. The first-order chi connectivity index (χ1) is 17.9. The Labute approximate surface area is 213 Å². The van der Waals surface area contributed by atoms with Crippen LogP contribution in [0.25, 0.3) is 16.7 Å². The van der Waals surface area contributed by atoms with Crippen LogP contribution in [0, 0.1) is 6.92 Å². The molecular formula is C26H27N7O4. The van der Waals surface area contributed by atoms with Gasteiger partial charge in [0.1, 0.15) is 17.9 Å². The molecule has 0 radical (unpaired) electrons. The van der Waals surface area contributed by atoms with E-state index >= 15 is 0 Å². The molecule has 4 aromatic rings. The number of H-pyrrole nitrogens is 1. The average molecular weight is 502 g/mol. The number of rotatable bonds is 5. The van der Waals surface area contributed by atoms with Gasteiger partial charge in [0.25, 0.3) is 17.6 Å². The summed E-state index contributed by atoms with van der Waals surface area (Å²) in [6, 6.07) is 9.20. The van der Waals surface area contributed by atoms with Gasteiger partial charge in [-0.2, -0.15) is 5.10 Å². The Hall–Kier alpha value is -4.54. The summed E-state index contributed by atoms with van der Waals surface area (Å²) in [7, 11) is 1.49. The first-order valence-corrected chi connectivity index (χ1v) is 12.1. The normalized spacial score (nSPS) is 16.3. The van der Waals surface area contributed by atoms with Crippen molar-refractivity contribution in [3.05, 3.63) is 66.0 Å². The number of likely N-dealkylation sites (tertiary alicyclic amines) is 1. The van der Waals surface area contributed by atoms with Crippen LogP contribution in [0.15, 0.2) is 49.1 Å². The summed E-state index contributed by atoms with van der Waals surface area (Å²) in [5.74, 6) is 0.203. The van der Waals surface area contributed by atoms with Gasteiger partial charge < -0.3 is 19.5 Å². The number of hydrogen-bond acceptors (Lipinski definition) is 7. The summed E-state index contributed by atoms with van der Waals surface area (Å²) >= 11 is 0. The summed E-state index contributed by atoms with van der Waals surface area (Å²) < 4.78 is 6.97. The Morgan fingerprint density at radius 1 is 1.11 bits per heavy atom. The van der Waals surface area contributed by atoms with Crippen molar-refractivity contribution in [2.24, 2.45) is 0 Å². The highest BCUT2D eigenvalue weighted by Crippen LogP contribution is 2.43. The van der Waals surface area contributed by atoms with Crippen LogP contribution in [0.3, 0.4) is 0 Å². The molecule has 1 N–H and O–H groups in total. The number of nitrogens with zero attached hydrogens (tertiary/aromatic N) is 6. The topological polar surface area (TPSA) is 126 Å². The number of ketones is 1. The molecule has 2 fully saturated rings. The van der Waals surface area contributed by atoms with Gasteiger partial charge in [-0.3, -0.25) is 14.4 Å². The van der Waals surface area contributed by atoms with Crippen LogP contribution in [-0.4, -0.2) is 84.4 Å². The summed E-state index contributed by atoms with van der Waals surface area (Å²) in [4.78, 5) is 54.5. The van der Waals surface area contributed by atoms with Gasteiger partial charge in [0.15, 0.2) is 5.82 Å². The van der Waals surface area contributed by atoms with E-state index in [2.05, 4.69) is 20.1 Å². The number of hydrogen-bond donors (Lipinski definition) is 1. The van der Waals surface area contributed by atoms with Crippen molar-refractivity contribution >= 4 is 28.5 Å². The first-order valence-electron chi connectivity index (χ1n) is 12.1. The number of amides is 2. The molecule has 2 amide bonds. The van der Waals surface area contributed by atoms with E-state index in [0.717, 1.165) is 0 Å². The molecule has 2 saturated heterocycles. The molecule has 3 aromatic heterocycles. The van der Waals surface area contributed by atoms with Gasteiger partial charge in [-0.15, -0.1) is 0 Å². The van der Waals surface area contributed by atoms with Gasteiger partial charge in [0.2, 0.25) is 0 Å². The van der Waals surface area contributed by atoms with Crippen molar-refractivity contribution in [3.8, 4) is 11.6 Å². The van der Waals surface area contributed by atoms with E-state index in [1.165, 1.54) is 30.5 Å². The maximum absolute atomic E-state index is 13.4. The van der Waals surface area contributed by atoms with Crippen LogP contribution < -0.4 is 4.74 Å². The number of piperidine rings is 1. The fourth-order valence-electron chi connectivity index (χ4n) is 5.16. The summed E-state index contributed by atoms with van der Waals surface area (Å²) in [6.45, 7) is 3.26. The van der Waals surface area contributed by atoms with E-state index in [1.54, 1.807) is 11.8 Å². The molecule has 1 spiro atoms. The molecule has 11 nitrogen and oxygen atoms in total. The quantitative estimate of drug-likeness (QED) is 0.253. The van der Waals surface area contributed by atoms with Gasteiger partial charge in [-0.25, -0.2) is 14.6 Å². The highest BCUT2D eigenvalue weighted by molar-refractivity contribution is 6.45. The fraction of sp³-hybridized carbons (Fsp3) is 0.308. The number of nitrogens with one attached hydrogen (secondary N) is 1. The minimum atomic E-state index is -0.625. The van der Waals surface area contributed by atoms with Crippen molar-refractivity contribution in [2.75, 3.05) is 26.7 Å². The predicted molar refractivity (Wildman–Crippen MR) is 135 cm³/mol. The molecule has 2 aliphatic heterocycles. The number of fused-ring (bicyclic) bond motifs is 1. The fourth-order valence-corrected chi connectivity index (χ4v) is 5.16. The van der Waals surface area contributed by atoms with Crippen molar-refractivity contribution < 1.29 is 20.5 Å². The summed E-state index contributed by atoms with van der Waals surface area (Å²) in [5, 5.41) is 4.77. The lowest BCUT2D eigenvalue weighted by Crippen LogP contribution is -2.46. The maximum Gasteiger partial charge on any atom is 0.295 e. The van der Waals surface area contributed by atoms with Gasteiger partial charge in [0, 0.05) is 32.8 Å². The number of carbonyl (C=O) groups excluding carboxylic acids is 3. The third kappa shape index (κ3) is 3.74. The van der Waals surface area contributed by atoms with Gasteiger partial charge in [-0.05, 0) is 31.9 Å². The molecule has 0 saturated carbocycles. The number of carbonyl (C=O) groups is 3. The maximum atomic E-state index is 13.4. The smallest absolute Gasteiger partial charge is 0.295 e. The van der Waals surface area contributed by atoms with Gasteiger partial charge >= 0.3 is 0 Å². The molecule has 37 heavy (non-hydrogen) atoms. The number of ether oxygens (including phenoxy) is 1. The monoisotopic (exact) mass is 501 g/mol. The van der Waals surface area contributed by atoms with E-state index in [0.29, 0.717) is 66.3 Å². The lowest BCUT2D eigenvalue weighted by Gasteiger charge is -2.32. The van der Waals surface area contributed by atoms with Crippen LogP contribution >= 0.6 is 0 Å². The third-order valence-electron chi connectivity index (χ3n) is 7.31. The van der Waals surface area contributed by atoms with Crippen molar-refractivity contribution in [1.82, 2.24) is 34.5 Å². The number of aromatic nitrogens is 5.